The Morgan fingerprint density at radius 1 is 1.13 bits per heavy atom. The van der Waals surface area contributed by atoms with Crippen molar-refractivity contribution >= 4 is 17.5 Å². The molecule has 2 amide bonds. The summed E-state index contributed by atoms with van der Waals surface area (Å²) in [7, 11) is 0. The molecule has 0 bridgehead atoms. The highest BCUT2D eigenvalue weighted by Gasteiger charge is 2.28. The summed E-state index contributed by atoms with van der Waals surface area (Å²) < 4.78 is 1.85. The predicted molar refractivity (Wildman–Crippen MR) is 111 cm³/mol. The molecule has 1 aliphatic heterocycles. The molecule has 8 heteroatoms. The van der Waals surface area contributed by atoms with Gasteiger partial charge in [0, 0.05) is 36.3 Å². The second-order valence-corrected chi connectivity index (χ2v) is 7.83. The smallest absolute Gasteiger partial charge is 0.255 e. The van der Waals surface area contributed by atoms with Gasteiger partial charge in [-0.1, -0.05) is 24.3 Å². The molecule has 2 aliphatic rings. The molecule has 1 aliphatic carbocycles. The quantitative estimate of drug-likeness (QED) is 0.684. The van der Waals surface area contributed by atoms with Crippen LogP contribution in [-0.4, -0.2) is 43.5 Å². The summed E-state index contributed by atoms with van der Waals surface area (Å²) in [6.07, 6.45) is 3.74. The number of rotatable bonds is 6. The van der Waals surface area contributed by atoms with Gasteiger partial charge in [0.25, 0.3) is 5.91 Å². The zero-order valence-corrected chi connectivity index (χ0v) is 16.5. The maximum atomic E-state index is 12.7. The molecule has 0 spiro atoms. The monoisotopic (exact) mass is 402 g/mol. The Labute approximate surface area is 173 Å². The SMILES string of the molecule is O=C(Nc1cccc(-c2nnnn2C2CC2)c1)c1ccc(CN2CCCC2=O)cc1. The highest BCUT2D eigenvalue weighted by Crippen LogP contribution is 2.36. The first-order chi connectivity index (χ1) is 14.7. The maximum Gasteiger partial charge on any atom is 0.255 e. The summed E-state index contributed by atoms with van der Waals surface area (Å²) in [5, 5.41) is 15.0. The fourth-order valence-electron chi connectivity index (χ4n) is 3.74. The summed E-state index contributed by atoms with van der Waals surface area (Å²) in [4.78, 5) is 26.3. The number of hydrogen-bond acceptors (Lipinski definition) is 5. The number of nitrogens with zero attached hydrogens (tertiary/aromatic N) is 5. The lowest BCUT2D eigenvalue weighted by Crippen LogP contribution is -2.23. The molecule has 2 fully saturated rings. The highest BCUT2D eigenvalue weighted by molar-refractivity contribution is 6.04. The third-order valence-electron chi connectivity index (χ3n) is 5.53. The van der Waals surface area contributed by atoms with Gasteiger partial charge in [-0.3, -0.25) is 9.59 Å². The molecule has 30 heavy (non-hydrogen) atoms. The van der Waals surface area contributed by atoms with Gasteiger partial charge in [-0.15, -0.1) is 5.10 Å². The van der Waals surface area contributed by atoms with Crippen molar-refractivity contribution in [3.63, 3.8) is 0 Å². The summed E-state index contributed by atoms with van der Waals surface area (Å²) >= 11 is 0. The summed E-state index contributed by atoms with van der Waals surface area (Å²) in [6.45, 7) is 1.40. The van der Waals surface area contributed by atoms with Crippen LogP contribution in [0.4, 0.5) is 5.69 Å². The van der Waals surface area contributed by atoms with Crippen molar-refractivity contribution < 1.29 is 9.59 Å². The first-order valence-corrected chi connectivity index (χ1v) is 10.2. The third kappa shape index (κ3) is 3.80. The Balaban J connectivity index is 1.27. The molecular weight excluding hydrogens is 380 g/mol. The van der Waals surface area contributed by atoms with Crippen molar-refractivity contribution in [3.8, 4) is 11.4 Å². The van der Waals surface area contributed by atoms with Gasteiger partial charge < -0.3 is 10.2 Å². The minimum Gasteiger partial charge on any atom is -0.338 e. The van der Waals surface area contributed by atoms with E-state index in [1.54, 1.807) is 12.1 Å². The minimum absolute atomic E-state index is 0.183. The lowest BCUT2D eigenvalue weighted by atomic mass is 10.1. The Hall–Kier alpha value is -3.55. The van der Waals surface area contributed by atoms with E-state index < -0.39 is 0 Å². The van der Waals surface area contributed by atoms with E-state index >= 15 is 0 Å². The molecule has 1 saturated carbocycles. The predicted octanol–water partition coefficient (Wildman–Crippen LogP) is 3.05. The van der Waals surface area contributed by atoms with Crippen molar-refractivity contribution in [1.29, 1.82) is 0 Å². The number of amides is 2. The zero-order chi connectivity index (χ0) is 20.5. The molecule has 1 saturated heterocycles. The number of likely N-dealkylation sites (tertiary alicyclic amines) is 1. The van der Waals surface area contributed by atoms with Crippen LogP contribution < -0.4 is 5.32 Å². The fourth-order valence-corrected chi connectivity index (χ4v) is 3.74. The number of carbonyl (C=O) groups excluding carboxylic acids is 2. The standard InChI is InChI=1S/C22H22N6O2/c29-20-5-2-12-27(20)14-15-6-8-16(9-7-15)22(30)23-18-4-1-3-17(13-18)21-24-25-26-28(21)19-10-11-19/h1,3-4,6-9,13,19H,2,5,10-12,14H2,(H,23,30). The number of hydrogen-bond donors (Lipinski definition) is 1. The van der Waals surface area contributed by atoms with Crippen molar-refractivity contribution in [3.05, 3.63) is 59.7 Å². The van der Waals surface area contributed by atoms with E-state index in [4.69, 9.17) is 0 Å². The second-order valence-electron chi connectivity index (χ2n) is 7.83. The molecule has 3 aromatic rings. The van der Waals surface area contributed by atoms with Crippen LogP contribution in [-0.2, 0) is 11.3 Å². The fraction of sp³-hybridized carbons (Fsp3) is 0.318. The van der Waals surface area contributed by atoms with E-state index in [9.17, 15) is 9.59 Å². The van der Waals surface area contributed by atoms with E-state index in [0.29, 0.717) is 30.3 Å². The Bertz CT molecular complexity index is 1090. The molecule has 5 rings (SSSR count). The molecule has 0 atom stereocenters. The van der Waals surface area contributed by atoms with Gasteiger partial charge in [0.15, 0.2) is 5.82 Å². The molecule has 0 unspecified atom stereocenters. The van der Waals surface area contributed by atoms with Gasteiger partial charge in [-0.05, 0) is 59.5 Å². The van der Waals surface area contributed by atoms with Crippen molar-refractivity contribution in [2.75, 3.05) is 11.9 Å². The number of anilines is 1. The van der Waals surface area contributed by atoms with Crippen LogP contribution in [0.3, 0.4) is 0 Å². The van der Waals surface area contributed by atoms with Gasteiger partial charge >= 0.3 is 0 Å². The average molecular weight is 402 g/mol. The van der Waals surface area contributed by atoms with Crippen molar-refractivity contribution in [2.45, 2.75) is 38.3 Å². The molecule has 152 valence electrons. The van der Waals surface area contributed by atoms with Crippen LogP contribution >= 0.6 is 0 Å². The number of tetrazole rings is 1. The van der Waals surface area contributed by atoms with E-state index in [0.717, 1.165) is 42.8 Å². The second kappa shape index (κ2) is 7.70. The Kier molecular flexibility index (Phi) is 4.74. The Morgan fingerprint density at radius 3 is 2.70 bits per heavy atom. The molecule has 8 nitrogen and oxygen atoms in total. The Morgan fingerprint density at radius 2 is 1.97 bits per heavy atom. The molecule has 1 N–H and O–H groups in total. The van der Waals surface area contributed by atoms with Gasteiger partial charge in [-0.2, -0.15) is 0 Å². The molecule has 2 heterocycles. The van der Waals surface area contributed by atoms with E-state index in [1.807, 2.05) is 46.0 Å². The van der Waals surface area contributed by atoms with Crippen LogP contribution in [0.1, 0.15) is 47.6 Å². The highest BCUT2D eigenvalue weighted by atomic mass is 16.2. The zero-order valence-electron chi connectivity index (χ0n) is 16.5. The van der Waals surface area contributed by atoms with Crippen LogP contribution in [0.15, 0.2) is 48.5 Å². The maximum absolute atomic E-state index is 12.7. The first kappa shape index (κ1) is 18.5. The summed E-state index contributed by atoms with van der Waals surface area (Å²) in [5.41, 5.74) is 3.15. The van der Waals surface area contributed by atoms with E-state index in [2.05, 4.69) is 20.8 Å². The van der Waals surface area contributed by atoms with Crippen LogP contribution in [0.5, 0.6) is 0 Å². The van der Waals surface area contributed by atoms with Gasteiger partial charge in [0.2, 0.25) is 5.91 Å². The third-order valence-corrected chi connectivity index (χ3v) is 5.53. The lowest BCUT2D eigenvalue weighted by Gasteiger charge is -2.15. The van der Waals surface area contributed by atoms with Crippen LogP contribution in [0, 0.1) is 0 Å². The largest absolute Gasteiger partial charge is 0.338 e. The average Bonchev–Trinajstić information content (AvgIpc) is 3.35. The van der Waals surface area contributed by atoms with Crippen LogP contribution in [0.2, 0.25) is 0 Å². The molecule has 2 aromatic carbocycles. The molecule has 0 radical (unpaired) electrons. The molecule has 1 aromatic heterocycles. The first-order valence-electron chi connectivity index (χ1n) is 10.2. The normalized spacial score (nSPS) is 16.1. The van der Waals surface area contributed by atoms with Gasteiger partial charge in [0.05, 0.1) is 6.04 Å². The molecular formula is C22H22N6O2. The summed E-state index contributed by atoms with van der Waals surface area (Å²) in [6, 6.07) is 15.3. The number of aromatic nitrogens is 4. The van der Waals surface area contributed by atoms with E-state index in [-0.39, 0.29) is 11.8 Å². The number of benzene rings is 2. The minimum atomic E-state index is -0.183. The van der Waals surface area contributed by atoms with E-state index in [1.165, 1.54) is 0 Å². The van der Waals surface area contributed by atoms with Gasteiger partial charge in [0.1, 0.15) is 0 Å². The van der Waals surface area contributed by atoms with Crippen LogP contribution in [0.25, 0.3) is 11.4 Å². The summed E-state index contributed by atoms with van der Waals surface area (Å²) in [5.74, 6) is 0.733. The number of nitrogens with one attached hydrogen (secondary N) is 1. The topological polar surface area (TPSA) is 93.0 Å². The lowest BCUT2D eigenvalue weighted by molar-refractivity contribution is -0.128. The van der Waals surface area contributed by atoms with Crippen molar-refractivity contribution in [1.82, 2.24) is 25.1 Å². The van der Waals surface area contributed by atoms with Crippen molar-refractivity contribution in [2.24, 2.45) is 0 Å². The number of carbonyl (C=O) groups is 2. The van der Waals surface area contributed by atoms with Gasteiger partial charge in [-0.25, -0.2) is 4.68 Å².